The molecule has 0 N–H and O–H groups in total. The second kappa shape index (κ2) is 10.1. The van der Waals surface area contributed by atoms with Crippen LogP contribution in [0.3, 0.4) is 0 Å². The molecule has 0 atom stereocenters. The van der Waals surface area contributed by atoms with E-state index < -0.39 is 8.07 Å². The summed E-state index contributed by atoms with van der Waals surface area (Å²) in [4.78, 5) is 10.5. The minimum atomic E-state index is -1.78. The first-order valence-electron chi connectivity index (χ1n) is 16.5. The predicted molar refractivity (Wildman–Crippen MR) is 203 cm³/mol. The summed E-state index contributed by atoms with van der Waals surface area (Å²) in [7, 11) is -1.78. The van der Waals surface area contributed by atoms with Crippen LogP contribution >= 0.6 is 0 Å². The van der Waals surface area contributed by atoms with Crippen molar-refractivity contribution in [2.24, 2.45) is 0 Å². The number of aromatic nitrogens is 2. The summed E-state index contributed by atoms with van der Waals surface area (Å²) >= 11 is 0. The van der Waals surface area contributed by atoms with Crippen molar-refractivity contribution >= 4 is 62.2 Å². The number of fused-ring (bicyclic) bond motifs is 9. The lowest BCUT2D eigenvalue weighted by Crippen LogP contribution is -2.49. The van der Waals surface area contributed by atoms with E-state index in [0.717, 1.165) is 77.4 Å². The van der Waals surface area contributed by atoms with Gasteiger partial charge in [-0.3, -0.25) is 0 Å². The summed E-state index contributed by atoms with van der Waals surface area (Å²) in [6, 6.07) is 52.1. The molecule has 1 aliphatic rings. The molecule has 0 fully saturated rings. The van der Waals surface area contributed by atoms with Crippen LogP contribution in [0.4, 0.5) is 0 Å². The smallest absolute Gasteiger partial charge is 0.135 e. The van der Waals surface area contributed by atoms with Crippen LogP contribution in [0.15, 0.2) is 150 Å². The molecule has 6 aromatic carbocycles. The Balaban J connectivity index is 1.03. The summed E-state index contributed by atoms with van der Waals surface area (Å²) in [6.45, 7) is 4.92. The summed E-state index contributed by atoms with van der Waals surface area (Å²) < 4.78 is 6.04. The Morgan fingerprint density at radius 2 is 1.02 bits per heavy atom. The van der Waals surface area contributed by atoms with Crippen molar-refractivity contribution in [1.82, 2.24) is 9.97 Å². The van der Waals surface area contributed by atoms with Crippen molar-refractivity contribution < 1.29 is 4.42 Å². The lowest BCUT2D eigenvalue weighted by Gasteiger charge is -2.19. The summed E-state index contributed by atoms with van der Waals surface area (Å²) in [5.74, 6) is 0. The van der Waals surface area contributed by atoms with Gasteiger partial charge < -0.3 is 4.42 Å². The van der Waals surface area contributed by atoms with E-state index in [1.165, 1.54) is 21.5 Å². The zero-order chi connectivity index (χ0) is 32.0. The molecule has 4 heterocycles. The van der Waals surface area contributed by atoms with Crippen LogP contribution in [0.1, 0.15) is 0 Å². The molecule has 3 aromatic heterocycles. The van der Waals surface area contributed by atoms with Gasteiger partial charge in [-0.15, -0.1) is 0 Å². The van der Waals surface area contributed by atoms with Gasteiger partial charge in [-0.1, -0.05) is 128 Å². The molecular formula is C44H30N2OSi. The number of benzene rings is 6. The van der Waals surface area contributed by atoms with Crippen LogP contribution in [0.25, 0.3) is 88.5 Å². The van der Waals surface area contributed by atoms with Crippen molar-refractivity contribution in [3.05, 3.63) is 146 Å². The van der Waals surface area contributed by atoms with E-state index in [9.17, 15) is 0 Å². The number of para-hydroxylation sites is 1. The number of pyridine rings is 2. The van der Waals surface area contributed by atoms with Crippen molar-refractivity contribution in [2.45, 2.75) is 13.1 Å². The Morgan fingerprint density at radius 1 is 0.438 bits per heavy atom. The Hall–Kier alpha value is -5.84. The first kappa shape index (κ1) is 27.3. The third kappa shape index (κ3) is 4.06. The molecule has 0 saturated carbocycles. The van der Waals surface area contributed by atoms with Crippen LogP contribution in [0.2, 0.25) is 13.1 Å². The van der Waals surface area contributed by atoms with Crippen molar-refractivity contribution in [2.75, 3.05) is 0 Å². The van der Waals surface area contributed by atoms with Gasteiger partial charge in [-0.05, 0) is 63.0 Å². The van der Waals surface area contributed by atoms with E-state index >= 15 is 0 Å². The van der Waals surface area contributed by atoms with Crippen molar-refractivity contribution in [1.29, 1.82) is 0 Å². The van der Waals surface area contributed by atoms with Crippen molar-refractivity contribution in [3.8, 4) is 44.8 Å². The number of rotatable bonds is 3. The van der Waals surface area contributed by atoms with Gasteiger partial charge in [0.1, 0.15) is 19.2 Å². The van der Waals surface area contributed by atoms with Crippen LogP contribution in [0, 0.1) is 0 Å². The Labute approximate surface area is 279 Å². The molecule has 1 aliphatic heterocycles. The normalized spacial score (nSPS) is 13.4. The lowest BCUT2D eigenvalue weighted by atomic mass is 10.00. The molecule has 226 valence electrons. The maximum Gasteiger partial charge on any atom is 0.135 e. The Bertz CT molecular complexity index is 2760. The third-order valence-corrected chi connectivity index (χ3v) is 13.8. The van der Waals surface area contributed by atoms with Gasteiger partial charge in [0.05, 0.1) is 22.4 Å². The van der Waals surface area contributed by atoms with E-state index in [-0.39, 0.29) is 0 Å². The first-order valence-corrected chi connectivity index (χ1v) is 19.5. The highest BCUT2D eigenvalue weighted by molar-refractivity contribution is 7.03. The molecular weight excluding hydrogens is 601 g/mol. The largest absolute Gasteiger partial charge is 0.456 e. The SMILES string of the molecule is C[Si]1(C)c2ccccc2-c2ccc(-c3ccc4ccc5ccc(-c6ccc(-c7ccc8oc9ccccc9c8c7)cc6)nc5c4n3)cc21. The third-order valence-electron chi connectivity index (χ3n) is 10.3. The van der Waals surface area contributed by atoms with Gasteiger partial charge >= 0.3 is 0 Å². The molecule has 0 radical (unpaired) electrons. The van der Waals surface area contributed by atoms with Gasteiger partial charge in [0, 0.05) is 32.7 Å². The zero-order valence-electron chi connectivity index (χ0n) is 26.7. The number of nitrogens with zero attached hydrogens (tertiary/aromatic N) is 2. The fraction of sp³-hybridized carbons (Fsp3) is 0.0455. The summed E-state index contributed by atoms with van der Waals surface area (Å²) in [5, 5.41) is 7.47. The van der Waals surface area contributed by atoms with Gasteiger partial charge in [-0.25, -0.2) is 9.97 Å². The molecule has 3 nitrogen and oxygen atoms in total. The molecule has 0 saturated heterocycles. The molecule has 9 aromatic rings. The first-order chi connectivity index (χ1) is 23.5. The highest BCUT2D eigenvalue weighted by Crippen LogP contribution is 2.35. The number of hydrogen-bond acceptors (Lipinski definition) is 3. The van der Waals surface area contributed by atoms with E-state index in [1.807, 2.05) is 12.1 Å². The molecule has 0 unspecified atom stereocenters. The topological polar surface area (TPSA) is 38.9 Å². The molecule has 4 heteroatoms. The summed E-state index contributed by atoms with van der Waals surface area (Å²) in [5.41, 5.74) is 12.9. The van der Waals surface area contributed by atoms with E-state index in [2.05, 4.69) is 147 Å². The number of furan rings is 1. The quantitative estimate of drug-likeness (QED) is 0.144. The Morgan fingerprint density at radius 3 is 1.81 bits per heavy atom. The highest BCUT2D eigenvalue weighted by atomic mass is 28.3. The van der Waals surface area contributed by atoms with Crippen LogP contribution in [0.5, 0.6) is 0 Å². The average molecular weight is 631 g/mol. The molecule has 10 rings (SSSR count). The molecule has 48 heavy (non-hydrogen) atoms. The number of hydrogen-bond donors (Lipinski definition) is 0. The zero-order valence-corrected chi connectivity index (χ0v) is 27.7. The standard InChI is InChI=1S/C44H30N2OSi/c1-48(2)41-10-6-4-8-34(41)35-21-17-32(26-42(35)48)38-23-19-30-16-15-29-18-22-37(45-43(29)44(30)46-38)28-13-11-27(12-14-28)31-20-24-40-36(25-31)33-7-3-5-9-39(33)47-40/h3-26H,1-2H3. The maximum absolute atomic E-state index is 6.04. The van der Waals surface area contributed by atoms with Crippen LogP contribution < -0.4 is 10.4 Å². The lowest BCUT2D eigenvalue weighted by molar-refractivity contribution is 0.669. The average Bonchev–Trinajstić information content (AvgIpc) is 3.62. The monoisotopic (exact) mass is 630 g/mol. The minimum absolute atomic E-state index is 0.911. The molecule has 0 aliphatic carbocycles. The van der Waals surface area contributed by atoms with Gasteiger partial charge in [0.15, 0.2) is 0 Å². The fourth-order valence-electron chi connectivity index (χ4n) is 7.69. The predicted octanol–water partition coefficient (Wildman–Crippen LogP) is 10.5. The maximum atomic E-state index is 6.04. The van der Waals surface area contributed by atoms with E-state index in [4.69, 9.17) is 14.4 Å². The van der Waals surface area contributed by atoms with Gasteiger partial charge in [0.25, 0.3) is 0 Å². The van der Waals surface area contributed by atoms with Crippen molar-refractivity contribution in [3.63, 3.8) is 0 Å². The van der Waals surface area contributed by atoms with Gasteiger partial charge in [0.2, 0.25) is 0 Å². The minimum Gasteiger partial charge on any atom is -0.456 e. The van der Waals surface area contributed by atoms with E-state index in [0.29, 0.717) is 0 Å². The van der Waals surface area contributed by atoms with E-state index in [1.54, 1.807) is 0 Å². The van der Waals surface area contributed by atoms with Crippen LogP contribution in [-0.4, -0.2) is 18.0 Å². The molecule has 0 amide bonds. The second-order valence-corrected chi connectivity index (χ2v) is 17.7. The summed E-state index contributed by atoms with van der Waals surface area (Å²) in [6.07, 6.45) is 0. The molecule has 0 bridgehead atoms. The second-order valence-electron chi connectivity index (χ2n) is 13.4. The highest BCUT2D eigenvalue weighted by Gasteiger charge is 2.37. The Kier molecular flexibility index (Phi) is 5.73. The van der Waals surface area contributed by atoms with Gasteiger partial charge in [-0.2, -0.15) is 0 Å². The van der Waals surface area contributed by atoms with Crippen LogP contribution in [-0.2, 0) is 0 Å². The fourth-order valence-corrected chi connectivity index (χ4v) is 10.8. The molecule has 0 spiro atoms.